The highest BCUT2D eigenvalue weighted by atomic mass is 28.4. The topological polar surface area (TPSA) is 31.6 Å². The van der Waals surface area contributed by atoms with Gasteiger partial charge in [-0.3, -0.25) is 13.2 Å². The Morgan fingerprint density at radius 3 is 2.07 bits per heavy atom. The molecule has 1 heterocycles. The van der Waals surface area contributed by atoms with E-state index in [0.717, 1.165) is 11.1 Å². The summed E-state index contributed by atoms with van der Waals surface area (Å²) in [5, 5.41) is 0. The molecule has 2 rings (SSSR count). The highest BCUT2D eigenvalue weighted by molar-refractivity contribution is 6.73. The summed E-state index contributed by atoms with van der Waals surface area (Å²) < 4.78 is 57.2. The normalized spacial score (nSPS) is 15.2. The lowest BCUT2D eigenvalue weighted by Gasteiger charge is -2.38. The van der Waals surface area contributed by atoms with Crippen LogP contribution < -0.4 is 4.74 Å². The molecule has 148 valence electrons. The van der Waals surface area contributed by atoms with Gasteiger partial charge >= 0.3 is 0 Å². The maximum Gasteiger partial charge on any atom is 0.285 e. The molecule has 7 heteroatoms. The lowest BCUT2D eigenvalue weighted by atomic mass is 9.88. The number of hydrogen-bond acceptors (Lipinski definition) is 3. The summed E-state index contributed by atoms with van der Waals surface area (Å²) in [6.07, 6.45) is -1.99. The second kappa shape index (κ2) is 8.80. The van der Waals surface area contributed by atoms with Crippen molar-refractivity contribution >= 4 is 13.9 Å². The van der Waals surface area contributed by atoms with Crippen molar-refractivity contribution in [1.82, 2.24) is 0 Å². The van der Waals surface area contributed by atoms with E-state index >= 15 is 0 Å². The van der Waals surface area contributed by atoms with Gasteiger partial charge in [-0.1, -0.05) is 12.1 Å². The minimum absolute atomic E-state index is 0.375. The summed E-state index contributed by atoms with van der Waals surface area (Å²) in [5.74, 6) is 1.09. The van der Waals surface area contributed by atoms with E-state index in [4.69, 9.17) is 13.6 Å². The number of benzene rings is 1. The third kappa shape index (κ3) is 4.30. The summed E-state index contributed by atoms with van der Waals surface area (Å²) in [5.41, 5.74) is 1.14. The Balaban J connectivity index is 2.55. The molecule has 0 N–H and O–H groups in total. The first-order valence-electron chi connectivity index (χ1n) is 8.60. The van der Waals surface area contributed by atoms with Crippen molar-refractivity contribution in [2.45, 2.75) is 26.4 Å². The molecule has 0 saturated heterocycles. The molecule has 0 amide bonds. The number of rotatable bonds is 9. The molecule has 0 fully saturated rings. The van der Waals surface area contributed by atoms with E-state index in [1.165, 1.54) is 6.26 Å². The van der Waals surface area contributed by atoms with E-state index in [0.29, 0.717) is 17.1 Å². The maximum atomic E-state index is 13.6. The summed E-state index contributed by atoms with van der Waals surface area (Å²) in [6.45, 7) is 5.35. The average molecular weight is 398 g/mol. The van der Waals surface area contributed by atoms with Crippen LogP contribution in [0.3, 0.4) is 0 Å². The fraction of sp³-hybridized carbons (Fsp3) is 0.400. The largest absolute Gasteiger partial charge is 0.497 e. The number of alkyl halides is 3. The van der Waals surface area contributed by atoms with E-state index in [2.05, 4.69) is 0 Å². The van der Waals surface area contributed by atoms with Gasteiger partial charge < -0.3 is 13.6 Å². The summed E-state index contributed by atoms with van der Waals surface area (Å²) in [7, 11) is -2.26. The predicted octanol–water partition coefficient (Wildman–Crippen LogP) is 5.49. The second-order valence-corrected chi connectivity index (χ2v) is 10.0. The van der Waals surface area contributed by atoms with E-state index in [-0.39, 0.29) is 0 Å². The van der Waals surface area contributed by atoms with Crippen molar-refractivity contribution in [2.24, 2.45) is 0 Å². The van der Waals surface area contributed by atoms with Gasteiger partial charge in [-0.15, -0.1) is 0 Å². The minimum atomic E-state index is -3.85. The van der Waals surface area contributed by atoms with Gasteiger partial charge in [-0.25, -0.2) is 0 Å². The van der Waals surface area contributed by atoms with Crippen LogP contribution in [-0.2, 0) is 10.0 Å². The molecular formula is C20H25F3O3Si. The summed E-state index contributed by atoms with van der Waals surface area (Å²) in [6, 6.07) is 10.7. The Bertz CT molecular complexity index is 747. The molecule has 0 bridgehead atoms. The SMILES string of the molecule is COc1ccc(C(C)=C(C)C(C)(O[Si](CF)(CF)CF)c2ccco2)cc1. The third-order valence-electron chi connectivity index (χ3n) is 4.94. The Morgan fingerprint density at radius 2 is 1.63 bits per heavy atom. The number of furan rings is 1. The van der Waals surface area contributed by atoms with Gasteiger partial charge in [-0.05, 0) is 61.7 Å². The number of ether oxygens (including phenoxy) is 1. The van der Waals surface area contributed by atoms with Crippen molar-refractivity contribution in [2.75, 3.05) is 26.0 Å². The van der Waals surface area contributed by atoms with E-state index in [1.54, 1.807) is 33.1 Å². The van der Waals surface area contributed by atoms with Crippen LogP contribution in [0.25, 0.3) is 5.57 Å². The van der Waals surface area contributed by atoms with Crippen LogP contribution in [0, 0.1) is 0 Å². The van der Waals surface area contributed by atoms with Crippen molar-refractivity contribution in [3.05, 3.63) is 59.6 Å². The first-order valence-corrected chi connectivity index (χ1v) is 11.1. The molecule has 27 heavy (non-hydrogen) atoms. The quantitative estimate of drug-likeness (QED) is 0.524. The maximum absolute atomic E-state index is 13.6. The van der Waals surface area contributed by atoms with Crippen molar-refractivity contribution in [3.8, 4) is 5.75 Å². The zero-order valence-corrected chi connectivity index (χ0v) is 17.0. The Hall–Kier alpha value is -1.99. The second-order valence-electron chi connectivity index (χ2n) is 6.68. The lowest BCUT2D eigenvalue weighted by Crippen LogP contribution is -2.53. The summed E-state index contributed by atoms with van der Waals surface area (Å²) in [4.78, 5) is 0. The van der Waals surface area contributed by atoms with Gasteiger partial charge in [-0.2, -0.15) is 0 Å². The van der Waals surface area contributed by atoms with E-state index in [9.17, 15) is 13.2 Å². The van der Waals surface area contributed by atoms with Gasteiger partial charge in [0.1, 0.15) is 36.0 Å². The first kappa shape index (κ1) is 21.3. The number of hydrogen-bond donors (Lipinski definition) is 0. The van der Waals surface area contributed by atoms with Crippen LogP contribution in [-0.4, -0.2) is 34.3 Å². The Labute approximate surface area is 158 Å². The van der Waals surface area contributed by atoms with Crippen molar-refractivity contribution < 1.29 is 26.8 Å². The van der Waals surface area contributed by atoms with Gasteiger partial charge in [0, 0.05) is 0 Å². The molecule has 3 nitrogen and oxygen atoms in total. The first-order chi connectivity index (χ1) is 12.9. The smallest absolute Gasteiger partial charge is 0.285 e. The standard InChI is InChI=1S/C20H25F3O3Si/c1-15(17-7-9-18(24-4)10-8-17)16(2)20(3,19-6-5-11-25-19)26-27(12-21,13-22)14-23/h5-11H,12-14H2,1-4H3. The van der Waals surface area contributed by atoms with Gasteiger partial charge in [0.25, 0.3) is 8.32 Å². The molecule has 0 saturated carbocycles. The Morgan fingerprint density at radius 1 is 1.04 bits per heavy atom. The molecule has 0 aliphatic rings. The monoisotopic (exact) mass is 398 g/mol. The number of halogens is 3. The van der Waals surface area contributed by atoms with Gasteiger partial charge in [0.15, 0.2) is 0 Å². The molecular weight excluding hydrogens is 373 g/mol. The van der Waals surface area contributed by atoms with Gasteiger partial charge in [0.05, 0.1) is 13.4 Å². The fourth-order valence-electron chi connectivity index (χ4n) is 2.90. The highest BCUT2D eigenvalue weighted by Crippen LogP contribution is 2.40. The minimum Gasteiger partial charge on any atom is -0.497 e. The van der Waals surface area contributed by atoms with Crippen LogP contribution in [0.2, 0.25) is 0 Å². The lowest BCUT2D eigenvalue weighted by molar-refractivity contribution is 0.0763. The molecule has 0 aliphatic heterocycles. The summed E-state index contributed by atoms with van der Waals surface area (Å²) >= 11 is 0. The van der Waals surface area contributed by atoms with Crippen LogP contribution in [0.4, 0.5) is 13.2 Å². The molecule has 0 radical (unpaired) electrons. The van der Waals surface area contributed by atoms with Crippen LogP contribution in [0.1, 0.15) is 32.1 Å². The van der Waals surface area contributed by atoms with Crippen LogP contribution in [0.5, 0.6) is 5.75 Å². The molecule has 2 aromatic rings. The predicted molar refractivity (Wildman–Crippen MR) is 102 cm³/mol. The van der Waals surface area contributed by atoms with Crippen LogP contribution >= 0.6 is 0 Å². The number of methoxy groups -OCH3 is 1. The van der Waals surface area contributed by atoms with Gasteiger partial charge in [0.2, 0.25) is 0 Å². The van der Waals surface area contributed by atoms with Crippen molar-refractivity contribution in [1.29, 1.82) is 0 Å². The zero-order valence-electron chi connectivity index (χ0n) is 16.0. The fourth-order valence-corrected chi connectivity index (χ4v) is 4.40. The van der Waals surface area contributed by atoms with E-state index < -0.39 is 32.8 Å². The molecule has 1 atom stereocenters. The number of allylic oxidation sites excluding steroid dienone is 1. The van der Waals surface area contributed by atoms with Crippen molar-refractivity contribution in [3.63, 3.8) is 0 Å². The Kier molecular flexibility index (Phi) is 6.94. The molecule has 0 aliphatic carbocycles. The molecule has 1 unspecified atom stereocenters. The van der Waals surface area contributed by atoms with E-state index in [1.807, 2.05) is 31.2 Å². The molecule has 0 spiro atoms. The van der Waals surface area contributed by atoms with Crippen LogP contribution in [0.15, 0.2) is 52.7 Å². The zero-order chi connectivity index (χ0) is 20.1. The average Bonchev–Trinajstić information content (AvgIpc) is 3.26. The molecule has 1 aromatic carbocycles. The third-order valence-corrected chi connectivity index (χ3v) is 7.25. The molecule has 1 aromatic heterocycles. The highest BCUT2D eigenvalue weighted by Gasteiger charge is 2.46.